The van der Waals surface area contributed by atoms with Crippen molar-refractivity contribution in [1.82, 2.24) is 19.8 Å². The van der Waals surface area contributed by atoms with Crippen LogP contribution in [0.2, 0.25) is 0 Å². The van der Waals surface area contributed by atoms with E-state index in [1.807, 2.05) is 42.8 Å². The van der Waals surface area contributed by atoms with Crippen molar-refractivity contribution in [3.05, 3.63) is 29.0 Å². The second-order valence-electron chi connectivity index (χ2n) is 5.93. The van der Waals surface area contributed by atoms with Gasteiger partial charge >= 0.3 is 5.97 Å². The molecule has 0 aromatic carbocycles. The van der Waals surface area contributed by atoms with Crippen molar-refractivity contribution in [2.75, 3.05) is 5.32 Å². The van der Waals surface area contributed by atoms with Crippen molar-refractivity contribution in [1.29, 1.82) is 0 Å². The number of carbonyl (C=O) groups is 1. The highest BCUT2D eigenvalue weighted by Crippen LogP contribution is 2.22. The summed E-state index contributed by atoms with van der Waals surface area (Å²) in [5, 5.41) is 28.9. The van der Waals surface area contributed by atoms with Gasteiger partial charge in [-0.2, -0.15) is 15.9 Å². The van der Waals surface area contributed by atoms with E-state index < -0.39 is 5.97 Å². The largest absolute Gasteiger partial charge is 0.481 e. The Kier molecular flexibility index (Phi) is 3.99. The maximum absolute atomic E-state index is 10.8. The lowest BCUT2D eigenvalue weighted by Crippen LogP contribution is -2.32. The Bertz CT molecular complexity index is 826. The van der Waals surface area contributed by atoms with Gasteiger partial charge in [0.1, 0.15) is 5.82 Å². The lowest BCUT2D eigenvalue weighted by Gasteiger charge is -2.26. The van der Waals surface area contributed by atoms with Gasteiger partial charge in [-0.15, -0.1) is 15.3 Å². The molecule has 8 heteroatoms. The fourth-order valence-corrected chi connectivity index (χ4v) is 2.89. The first-order valence-corrected chi connectivity index (χ1v) is 8.14. The van der Waals surface area contributed by atoms with E-state index >= 15 is 0 Å². The summed E-state index contributed by atoms with van der Waals surface area (Å²) in [4.78, 5) is 10.8. The van der Waals surface area contributed by atoms with Crippen LogP contribution in [-0.2, 0) is 4.79 Å². The molecule has 0 atom stereocenters. The molecule has 0 unspecified atom stereocenters. The molecule has 0 fully saturated rings. The topological polar surface area (TPSA) is 92.4 Å². The zero-order valence-corrected chi connectivity index (χ0v) is 13.7. The van der Waals surface area contributed by atoms with Crippen LogP contribution in [0.1, 0.15) is 26.7 Å². The molecule has 3 rings (SSSR count). The lowest BCUT2D eigenvalue weighted by molar-refractivity contribution is -0.137. The van der Waals surface area contributed by atoms with Gasteiger partial charge in [0.2, 0.25) is 0 Å². The highest BCUT2D eigenvalue weighted by Gasteiger charge is 2.20. The molecule has 23 heavy (non-hydrogen) atoms. The van der Waals surface area contributed by atoms with Gasteiger partial charge in [-0.1, -0.05) is 0 Å². The number of nitrogens with zero attached hydrogens (tertiary/aromatic N) is 4. The number of anilines is 1. The summed E-state index contributed by atoms with van der Waals surface area (Å²) in [5.74, 6) is 0.541. The quantitative estimate of drug-likeness (QED) is 0.721. The summed E-state index contributed by atoms with van der Waals surface area (Å²) < 4.78 is 1.69. The maximum Gasteiger partial charge on any atom is 0.303 e. The summed E-state index contributed by atoms with van der Waals surface area (Å²) >= 11 is 1.59. The van der Waals surface area contributed by atoms with Crippen LogP contribution in [0.3, 0.4) is 0 Å². The Morgan fingerprint density at radius 1 is 1.35 bits per heavy atom. The molecule has 0 aliphatic heterocycles. The molecule has 0 bridgehead atoms. The molecule has 0 saturated heterocycles. The summed E-state index contributed by atoms with van der Waals surface area (Å²) in [6.45, 7) is 3.90. The van der Waals surface area contributed by atoms with Gasteiger partial charge in [0.05, 0.1) is 0 Å². The number of hydrogen-bond acceptors (Lipinski definition) is 6. The van der Waals surface area contributed by atoms with Crippen molar-refractivity contribution in [3.63, 3.8) is 0 Å². The molecular formula is C15H17N5O2S. The fraction of sp³-hybridized carbons (Fsp3) is 0.333. The lowest BCUT2D eigenvalue weighted by atomic mass is 9.98. The molecule has 120 valence electrons. The van der Waals surface area contributed by atoms with E-state index in [0.29, 0.717) is 23.7 Å². The second kappa shape index (κ2) is 5.96. The van der Waals surface area contributed by atoms with Crippen LogP contribution in [0.4, 0.5) is 5.82 Å². The molecule has 0 radical (unpaired) electrons. The number of carboxylic acids is 1. The van der Waals surface area contributed by atoms with Gasteiger partial charge < -0.3 is 10.4 Å². The van der Waals surface area contributed by atoms with Crippen LogP contribution in [-0.4, -0.2) is 36.4 Å². The van der Waals surface area contributed by atoms with Gasteiger partial charge in [-0.05, 0) is 43.8 Å². The minimum atomic E-state index is -0.804. The summed E-state index contributed by atoms with van der Waals surface area (Å²) in [5.41, 5.74) is 1.26. The third kappa shape index (κ3) is 3.48. The van der Waals surface area contributed by atoms with E-state index in [0.717, 1.165) is 5.56 Å². The van der Waals surface area contributed by atoms with Crippen LogP contribution >= 0.6 is 11.3 Å². The average molecular weight is 331 g/mol. The van der Waals surface area contributed by atoms with Crippen molar-refractivity contribution in [2.45, 2.75) is 32.2 Å². The van der Waals surface area contributed by atoms with Gasteiger partial charge in [-0.25, -0.2) is 0 Å². The summed E-state index contributed by atoms with van der Waals surface area (Å²) in [6.07, 6.45) is 0.608. The van der Waals surface area contributed by atoms with E-state index in [-0.39, 0.29) is 12.0 Å². The predicted molar refractivity (Wildman–Crippen MR) is 88.7 cm³/mol. The average Bonchev–Trinajstić information content (AvgIpc) is 3.13. The molecule has 0 aliphatic carbocycles. The van der Waals surface area contributed by atoms with Crippen molar-refractivity contribution in [2.24, 2.45) is 0 Å². The third-order valence-corrected chi connectivity index (χ3v) is 4.16. The number of thiophene rings is 1. The van der Waals surface area contributed by atoms with Gasteiger partial charge in [-0.3, -0.25) is 4.79 Å². The molecular weight excluding hydrogens is 314 g/mol. The number of fused-ring (bicyclic) bond motifs is 1. The van der Waals surface area contributed by atoms with Crippen LogP contribution in [0.15, 0.2) is 29.0 Å². The van der Waals surface area contributed by atoms with E-state index in [1.54, 1.807) is 15.9 Å². The molecule has 0 saturated carbocycles. The van der Waals surface area contributed by atoms with E-state index in [9.17, 15) is 4.79 Å². The Morgan fingerprint density at radius 3 is 2.87 bits per heavy atom. The molecule has 2 N–H and O–H groups in total. The molecule has 3 aromatic heterocycles. The molecule has 3 aromatic rings. The Hall–Kier alpha value is -2.48. The predicted octanol–water partition coefficient (Wildman–Crippen LogP) is 2.91. The van der Waals surface area contributed by atoms with Gasteiger partial charge in [0.25, 0.3) is 0 Å². The number of aliphatic carboxylic acids is 1. The van der Waals surface area contributed by atoms with E-state index in [1.165, 1.54) is 0 Å². The first kappa shape index (κ1) is 15.4. The Labute approximate surface area is 137 Å². The minimum Gasteiger partial charge on any atom is -0.481 e. The Balaban J connectivity index is 1.87. The Morgan fingerprint density at radius 2 is 2.17 bits per heavy atom. The van der Waals surface area contributed by atoms with Crippen molar-refractivity contribution >= 4 is 28.8 Å². The number of nitrogens with one attached hydrogen (secondary N) is 1. The smallest absolute Gasteiger partial charge is 0.303 e. The van der Waals surface area contributed by atoms with Gasteiger partial charge in [0.15, 0.2) is 11.5 Å². The van der Waals surface area contributed by atoms with Crippen LogP contribution in [0.25, 0.3) is 17.0 Å². The first-order chi connectivity index (χ1) is 10.9. The number of aromatic nitrogens is 4. The number of carboxylic acid groups (broad SMARTS) is 1. The molecule has 0 spiro atoms. The van der Waals surface area contributed by atoms with Crippen molar-refractivity contribution < 1.29 is 9.90 Å². The third-order valence-electron chi connectivity index (χ3n) is 3.47. The molecule has 0 aliphatic rings. The first-order valence-electron chi connectivity index (χ1n) is 7.20. The van der Waals surface area contributed by atoms with Crippen LogP contribution in [0, 0.1) is 0 Å². The van der Waals surface area contributed by atoms with Crippen LogP contribution in [0.5, 0.6) is 0 Å². The van der Waals surface area contributed by atoms with E-state index in [4.69, 9.17) is 5.11 Å². The zero-order valence-electron chi connectivity index (χ0n) is 12.9. The summed E-state index contributed by atoms with van der Waals surface area (Å²) in [7, 11) is 0. The number of rotatable bonds is 6. The fourth-order valence-electron chi connectivity index (χ4n) is 2.26. The summed E-state index contributed by atoms with van der Waals surface area (Å²) in [6, 6.07) is 5.63. The monoisotopic (exact) mass is 331 g/mol. The zero-order chi connectivity index (χ0) is 16.4. The highest BCUT2D eigenvalue weighted by atomic mass is 32.1. The maximum atomic E-state index is 10.8. The highest BCUT2D eigenvalue weighted by molar-refractivity contribution is 7.08. The second-order valence-corrected chi connectivity index (χ2v) is 6.71. The van der Waals surface area contributed by atoms with Crippen molar-refractivity contribution in [3.8, 4) is 11.4 Å². The molecule has 0 amide bonds. The molecule has 7 nitrogen and oxygen atoms in total. The normalized spacial score (nSPS) is 11.7. The van der Waals surface area contributed by atoms with Crippen LogP contribution < -0.4 is 5.32 Å². The SMILES string of the molecule is CC(C)(CCC(=O)O)Nc1ccc2nnc(-c3ccsc3)n2n1. The number of hydrogen-bond donors (Lipinski definition) is 2. The standard InChI is InChI=1S/C15H17N5O2S/c1-15(2,7-5-13(21)22)16-11-3-4-12-17-18-14(20(12)19-11)10-6-8-23-9-10/h3-4,6,8-9H,5,7H2,1-2H3,(H,16,19)(H,21,22). The van der Waals surface area contributed by atoms with Gasteiger partial charge in [0, 0.05) is 22.9 Å². The minimum absolute atomic E-state index is 0.106. The molecule has 3 heterocycles. The van der Waals surface area contributed by atoms with E-state index in [2.05, 4.69) is 20.6 Å².